The minimum atomic E-state index is -0.432. The molecule has 0 aliphatic carbocycles. The summed E-state index contributed by atoms with van der Waals surface area (Å²) in [7, 11) is 0. The number of pyridine rings is 1. The minimum absolute atomic E-state index is 0.0563. The number of nitrogens with zero attached hydrogens (tertiary/aromatic N) is 4. The van der Waals surface area contributed by atoms with Crippen molar-refractivity contribution < 1.29 is 9.18 Å². The number of hydrogen-bond donors (Lipinski definition) is 1. The van der Waals surface area contributed by atoms with Gasteiger partial charge in [-0.25, -0.2) is 19.3 Å². The Morgan fingerprint density at radius 3 is 2.68 bits per heavy atom. The molecule has 0 amide bonds. The first kappa shape index (κ1) is 20.9. The number of carbonyl (C=O) groups excluding carboxylic acids is 1. The summed E-state index contributed by atoms with van der Waals surface area (Å²) in [5.41, 5.74) is 3.50. The summed E-state index contributed by atoms with van der Waals surface area (Å²) in [6, 6.07) is 9.32. The lowest BCUT2D eigenvalue weighted by Crippen LogP contribution is -2.20. The third-order valence-electron chi connectivity index (χ3n) is 4.65. The van der Waals surface area contributed by atoms with E-state index < -0.39 is 5.82 Å². The van der Waals surface area contributed by atoms with Crippen molar-refractivity contribution in [2.75, 3.05) is 11.9 Å². The zero-order valence-electron chi connectivity index (χ0n) is 17.4. The molecule has 8 heteroatoms. The zero-order chi connectivity index (χ0) is 22.2. The quantitative estimate of drug-likeness (QED) is 0.416. The molecule has 1 N–H and O–H groups in total. The summed E-state index contributed by atoms with van der Waals surface area (Å²) in [6.45, 7) is 7.05. The van der Waals surface area contributed by atoms with E-state index in [9.17, 15) is 9.18 Å². The van der Waals surface area contributed by atoms with Crippen LogP contribution in [0.3, 0.4) is 0 Å². The van der Waals surface area contributed by atoms with Crippen LogP contribution >= 0.6 is 11.6 Å². The summed E-state index contributed by atoms with van der Waals surface area (Å²) < 4.78 is 15.5. The second kappa shape index (κ2) is 8.07. The van der Waals surface area contributed by atoms with Gasteiger partial charge in [-0.05, 0) is 41.8 Å². The third-order valence-corrected chi connectivity index (χ3v) is 4.96. The molecule has 3 heterocycles. The minimum Gasteiger partial charge on any atom is -0.354 e. The fraction of sp³-hybridized carbons (Fsp3) is 0.217. The van der Waals surface area contributed by atoms with Gasteiger partial charge in [0, 0.05) is 30.1 Å². The standard InChI is InChI=1S/C23H21ClFN5O/c1-23(2,3)13-27-22-26-8-6-18(28-22)21-20(16-5-4-15(25)11-17(16)24)29-19-10-14(12-31)7-9-30(19)21/h4-12H,13H2,1-3H3,(H,26,27,28). The predicted octanol–water partition coefficient (Wildman–Crippen LogP) is 5.52. The summed E-state index contributed by atoms with van der Waals surface area (Å²) in [5.74, 6) is 0.0565. The first-order valence-corrected chi connectivity index (χ1v) is 10.1. The number of imidazole rings is 1. The maximum Gasteiger partial charge on any atom is 0.223 e. The van der Waals surface area contributed by atoms with E-state index in [2.05, 4.69) is 41.0 Å². The van der Waals surface area contributed by atoms with E-state index in [1.165, 1.54) is 12.1 Å². The van der Waals surface area contributed by atoms with E-state index in [0.29, 0.717) is 46.3 Å². The van der Waals surface area contributed by atoms with Crippen molar-refractivity contribution in [2.24, 2.45) is 5.41 Å². The van der Waals surface area contributed by atoms with Crippen LogP contribution in [0, 0.1) is 11.2 Å². The Labute approximate surface area is 184 Å². The molecule has 4 rings (SSSR count). The highest BCUT2D eigenvalue weighted by atomic mass is 35.5. The topological polar surface area (TPSA) is 72.2 Å². The summed E-state index contributed by atoms with van der Waals surface area (Å²) in [4.78, 5) is 24.9. The number of rotatable bonds is 5. The Morgan fingerprint density at radius 2 is 1.97 bits per heavy atom. The molecule has 4 aromatic rings. The van der Waals surface area contributed by atoms with E-state index in [0.717, 1.165) is 6.29 Å². The second-order valence-electron chi connectivity index (χ2n) is 8.42. The number of fused-ring (bicyclic) bond motifs is 1. The molecule has 0 fully saturated rings. The van der Waals surface area contributed by atoms with E-state index in [1.807, 2.05) is 4.40 Å². The average Bonchev–Trinajstić information content (AvgIpc) is 3.10. The van der Waals surface area contributed by atoms with Crippen molar-refractivity contribution in [3.63, 3.8) is 0 Å². The van der Waals surface area contributed by atoms with Crippen LogP contribution in [0.5, 0.6) is 0 Å². The lowest BCUT2D eigenvalue weighted by Gasteiger charge is -2.18. The van der Waals surface area contributed by atoms with Crippen LogP contribution in [-0.4, -0.2) is 32.2 Å². The molecule has 0 radical (unpaired) electrons. The third kappa shape index (κ3) is 4.41. The summed E-state index contributed by atoms with van der Waals surface area (Å²) in [6.07, 6.45) is 4.19. The van der Waals surface area contributed by atoms with Crippen LogP contribution in [0.1, 0.15) is 31.1 Å². The number of nitrogens with one attached hydrogen (secondary N) is 1. The van der Waals surface area contributed by atoms with Crippen molar-refractivity contribution in [3.8, 4) is 22.6 Å². The number of halogens is 2. The van der Waals surface area contributed by atoms with E-state index >= 15 is 0 Å². The second-order valence-corrected chi connectivity index (χ2v) is 8.83. The average molecular weight is 438 g/mol. The van der Waals surface area contributed by atoms with Gasteiger partial charge in [-0.1, -0.05) is 32.4 Å². The van der Waals surface area contributed by atoms with Crippen molar-refractivity contribution in [1.29, 1.82) is 0 Å². The summed E-state index contributed by atoms with van der Waals surface area (Å²) >= 11 is 6.35. The molecule has 31 heavy (non-hydrogen) atoms. The van der Waals surface area contributed by atoms with E-state index in [1.54, 1.807) is 36.7 Å². The van der Waals surface area contributed by atoms with Crippen LogP contribution in [-0.2, 0) is 0 Å². The van der Waals surface area contributed by atoms with E-state index in [-0.39, 0.29) is 10.4 Å². The number of benzene rings is 1. The fourth-order valence-corrected chi connectivity index (χ4v) is 3.42. The van der Waals surface area contributed by atoms with Gasteiger partial charge in [0.15, 0.2) is 0 Å². The Hall–Kier alpha value is -3.32. The number of carbonyl (C=O) groups is 1. The lowest BCUT2D eigenvalue weighted by atomic mass is 9.97. The van der Waals surface area contributed by atoms with Crippen LogP contribution < -0.4 is 5.32 Å². The first-order valence-electron chi connectivity index (χ1n) is 9.75. The molecule has 0 aliphatic rings. The van der Waals surface area contributed by atoms with Gasteiger partial charge in [0.25, 0.3) is 0 Å². The van der Waals surface area contributed by atoms with Gasteiger partial charge in [0.05, 0.1) is 16.4 Å². The number of aromatic nitrogens is 4. The molecule has 0 spiro atoms. The molecule has 0 atom stereocenters. The number of anilines is 1. The Morgan fingerprint density at radius 1 is 1.16 bits per heavy atom. The van der Waals surface area contributed by atoms with Crippen molar-refractivity contribution >= 4 is 29.5 Å². The number of hydrogen-bond acceptors (Lipinski definition) is 5. The Balaban J connectivity index is 1.91. The Bertz CT molecular complexity index is 1280. The van der Waals surface area contributed by atoms with Crippen LogP contribution in [0.4, 0.5) is 10.3 Å². The fourth-order valence-electron chi connectivity index (χ4n) is 3.17. The lowest BCUT2D eigenvalue weighted by molar-refractivity contribution is 0.112. The highest BCUT2D eigenvalue weighted by Crippen LogP contribution is 2.36. The maximum absolute atomic E-state index is 13.6. The molecule has 0 saturated carbocycles. The molecule has 6 nitrogen and oxygen atoms in total. The van der Waals surface area contributed by atoms with Gasteiger partial charge in [-0.15, -0.1) is 0 Å². The van der Waals surface area contributed by atoms with Gasteiger partial charge in [-0.2, -0.15) is 0 Å². The van der Waals surface area contributed by atoms with Gasteiger partial charge < -0.3 is 5.32 Å². The largest absolute Gasteiger partial charge is 0.354 e. The molecular weight excluding hydrogens is 417 g/mol. The van der Waals surface area contributed by atoms with Gasteiger partial charge in [-0.3, -0.25) is 9.20 Å². The molecule has 0 saturated heterocycles. The monoisotopic (exact) mass is 437 g/mol. The summed E-state index contributed by atoms with van der Waals surface area (Å²) in [5, 5.41) is 3.49. The van der Waals surface area contributed by atoms with Crippen molar-refractivity contribution in [3.05, 3.63) is 65.2 Å². The van der Waals surface area contributed by atoms with E-state index in [4.69, 9.17) is 11.6 Å². The van der Waals surface area contributed by atoms with Crippen LogP contribution in [0.25, 0.3) is 28.3 Å². The van der Waals surface area contributed by atoms with Crippen LogP contribution in [0.15, 0.2) is 48.8 Å². The molecule has 3 aromatic heterocycles. The van der Waals surface area contributed by atoms with Gasteiger partial charge >= 0.3 is 0 Å². The normalized spacial score (nSPS) is 11.6. The molecule has 0 bridgehead atoms. The maximum atomic E-state index is 13.6. The van der Waals surface area contributed by atoms with Gasteiger partial charge in [0.1, 0.15) is 23.4 Å². The Kier molecular flexibility index (Phi) is 5.45. The molecular formula is C23H21ClFN5O. The van der Waals surface area contributed by atoms with Gasteiger partial charge in [0.2, 0.25) is 5.95 Å². The SMILES string of the molecule is CC(C)(C)CNc1nccc(-c2c(-c3ccc(F)cc3Cl)nc3cc(C=O)ccn23)n1. The molecule has 0 unspecified atom stereocenters. The van der Waals surface area contributed by atoms with Crippen LogP contribution in [0.2, 0.25) is 5.02 Å². The number of aldehydes is 1. The van der Waals surface area contributed by atoms with Crippen molar-refractivity contribution in [2.45, 2.75) is 20.8 Å². The predicted molar refractivity (Wildman–Crippen MR) is 120 cm³/mol. The highest BCUT2D eigenvalue weighted by molar-refractivity contribution is 6.33. The smallest absolute Gasteiger partial charge is 0.223 e. The molecule has 158 valence electrons. The van der Waals surface area contributed by atoms with Crippen molar-refractivity contribution in [1.82, 2.24) is 19.4 Å². The highest BCUT2D eigenvalue weighted by Gasteiger charge is 2.20. The zero-order valence-corrected chi connectivity index (χ0v) is 18.1. The first-order chi connectivity index (χ1) is 14.7. The molecule has 1 aromatic carbocycles. The molecule has 0 aliphatic heterocycles.